The van der Waals surface area contributed by atoms with Gasteiger partial charge in [0, 0.05) is 0 Å². The lowest BCUT2D eigenvalue weighted by molar-refractivity contribution is 0.290. The van der Waals surface area contributed by atoms with Gasteiger partial charge in [-0.2, -0.15) is 5.26 Å². The average molecular weight is 311 g/mol. The zero-order chi connectivity index (χ0) is 16.8. The summed E-state index contributed by atoms with van der Waals surface area (Å²) in [5.41, 5.74) is 4.64. The summed E-state index contributed by atoms with van der Waals surface area (Å²) in [6.45, 7) is 6.57. The molecule has 3 heteroatoms. The topological polar surface area (TPSA) is 33.0 Å². The van der Waals surface area contributed by atoms with Gasteiger partial charge in [-0.25, -0.2) is 4.39 Å². The predicted octanol–water partition coefficient (Wildman–Crippen LogP) is 5.22. The normalized spacial score (nSPS) is 11.8. The molecule has 0 N–H and O–H groups in total. The molecule has 1 atom stereocenters. The highest BCUT2D eigenvalue weighted by atomic mass is 19.1. The van der Waals surface area contributed by atoms with Crippen molar-refractivity contribution in [3.05, 3.63) is 64.5 Å². The van der Waals surface area contributed by atoms with Gasteiger partial charge >= 0.3 is 0 Å². The summed E-state index contributed by atoms with van der Waals surface area (Å²) in [4.78, 5) is 0. The van der Waals surface area contributed by atoms with Crippen molar-refractivity contribution in [3.63, 3.8) is 0 Å². The van der Waals surface area contributed by atoms with Crippen molar-refractivity contribution in [3.8, 4) is 11.8 Å². The lowest BCUT2D eigenvalue weighted by Crippen LogP contribution is -2.06. The maximum absolute atomic E-state index is 13.5. The van der Waals surface area contributed by atoms with E-state index in [-0.39, 0.29) is 17.5 Å². The first-order chi connectivity index (χ1) is 11.0. The fraction of sp³-hybridized carbons (Fsp3) is 0.350. The van der Waals surface area contributed by atoms with E-state index < -0.39 is 0 Å². The number of rotatable bonds is 6. The number of hydrogen-bond acceptors (Lipinski definition) is 2. The maximum atomic E-state index is 13.5. The van der Waals surface area contributed by atoms with E-state index in [1.54, 1.807) is 18.2 Å². The SMILES string of the molecule is Cc1cc(C)c(C(C#N)CCCOc2ccccc2F)c(C)c1. The first-order valence-electron chi connectivity index (χ1n) is 7.87. The molecule has 0 aliphatic rings. The summed E-state index contributed by atoms with van der Waals surface area (Å²) >= 11 is 0. The standard InChI is InChI=1S/C20H22FNO/c1-14-11-15(2)20(16(3)12-14)17(13-22)7-6-10-23-19-9-5-4-8-18(19)21/h4-5,8-9,11-12,17H,6-7,10H2,1-3H3. The molecule has 23 heavy (non-hydrogen) atoms. The second kappa shape index (κ2) is 7.78. The Kier molecular flexibility index (Phi) is 5.76. The number of nitriles is 1. The minimum Gasteiger partial charge on any atom is -0.491 e. The van der Waals surface area contributed by atoms with Gasteiger partial charge in [0.25, 0.3) is 0 Å². The van der Waals surface area contributed by atoms with Crippen molar-refractivity contribution in [2.24, 2.45) is 0 Å². The van der Waals surface area contributed by atoms with Crippen molar-refractivity contribution in [2.75, 3.05) is 6.61 Å². The largest absolute Gasteiger partial charge is 0.491 e. The Morgan fingerprint density at radius 1 is 1.13 bits per heavy atom. The molecule has 2 nitrogen and oxygen atoms in total. The number of ether oxygens (including phenoxy) is 1. The van der Waals surface area contributed by atoms with Crippen LogP contribution in [0.1, 0.15) is 41.0 Å². The molecule has 0 amide bonds. The smallest absolute Gasteiger partial charge is 0.165 e. The highest BCUT2D eigenvalue weighted by molar-refractivity contribution is 5.42. The first kappa shape index (κ1) is 17.0. The Labute approximate surface area is 137 Å². The van der Waals surface area contributed by atoms with Crippen LogP contribution in [0, 0.1) is 37.9 Å². The Morgan fingerprint density at radius 2 is 1.78 bits per heavy atom. The van der Waals surface area contributed by atoms with Crippen molar-refractivity contribution < 1.29 is 9.13 Å². The number of benzene rings is 2. The van der Waals surface area contributed by atoms with Gasteiger partial charge in [-0.05, 0) is 62.4 Å². The van der Waals surface area contributed by atoms with Crippen molar-refractivity contribution in [2.45, 2.75) is 39.5 Å². The van der Waals surface area contributed by atoms with Crippen LogP contribution in [-0.2, 0) is 0 Å². The lowest BCUT2D eigenvalue weighted by atomic mass is 9.87. The van der Waals surface area contributed by atoms with E-state index in [2.05, 4.69) is 39.0 Å². The summed E-state index contributed by atoms with van der Waals surface area (Å²) in [6.07, 6.45) is 1.41. The van der Waals surface area contributed by atoms with Crippen LogP contribution in [0.2, 0.25) is 0 Å². The fourth-order valence-corrected chi connectivity index (χ4v) is 3.05. The molecule has 0 radical (unpaired) electrons. The van der Waals surface area contributed by atoms with Gasteiger partial charge in [-0.1, -0.05) is 29.8 Å². The molecule has 0 saturated carbocycles. The van der Waals surface area contributed by atoms with Gasteiger partial charge in [0.2, 0.25) is 0 Å². The van der Waals surface area contributed by atoms with Crippen LogP contribution in [-0.4, -0.2) is 6.61 Å². The second-order valence-electron chi connectivity index (χ2n) is 5.92. The van der Waals surface area contributed by atoms with E-state index in [1.165, 1.54) is 11.6 Å². The lowest BCUT2D eigenvalue weighted by Gasteiger charge is -2.16. The molecule has 0 fully saturated rings. The average Bonchev–Trinajstić information content (AvgIpc) is 2.50. The van der Waals surface area contributed by atoms with Gasteiger partial charge in [0.15, 0.2) is 11.6 Å². The van der Waals surface area contributed by atoms with Crippen LogP contribution >= 0.6 is 0 Å². The molecule has 0 bridgehead atoms. The van der Waals surface area contributed by atoms with E-state index in [0.717, 1.165) is 16.7 Å². The maximum Gasteiger partial charge on any atom is 0.165 e. The zero-order valence-electron chi connectivity index (χ0n) is 13.9. The number of hydrogen-bond donors (Lipinski definition) is 0. The predicted molar refractivity (Wildman–Crippen MR) is 90.1 cm³/mol. The molecule has 0 heterocycles. The Morgan fingerprint density at radius 3 is 2.39 bits per heavy atom. The molecule has 0 aliphatic carbocycles. The molecule has 2 aromatic rings. The molecule has 0 saturated heterocycles. The van der Waals surface area contributed by atoms with Gasteiger partial charge in [-0.3, -0.25) is 0 Å². The molecule has 0 aromatic heterocycles. The Balaban J connectivity index is 1.96. The Bertz CT molecular complexity index is 695. The number of para-hydroxylation sites is 1. The molecule has 2 aromatic carbocycles. The van der Waals surface area contributed by atoms with Crippen LogP contribution < -0.4 is 4.74 Å². The summed E-state index contributed by atoms with van der Waals surface area (Å²) in [5, 5.41) is 9.51. The highest BCUT2D eigenvalue weighted by Gasteiger charge is 2.16. The van der Waals surface area contributed by atoms with E-state index in [1.807, 2.05) is 0 Å². The van der Waals surface area contributed by atoms with Crippen LogP contribution in [0.4, 0.5) is 4.39 Å². The zero-order valence-corrected chi connectivity index (χ0v) is 13.9. The number of nitrogens with zero attached hydrogens (tertiary/aromatic N) is 1. The third-order valence-corrected chi connectivity index (χ3v) is 3.97. The molecule has 0 spiro atoms. The van der Waals surface area contributed by atoms with Crippen LogP contribution in [0.25, 0.3) is 0 Å². The monoisotopic (exact) mass is 311 g/mol. The fourth-order valence-electron chi connectivity index (χ4n) is 3.05. The third-order valence-electron chi connectivity index (χ3n) is 3.97. The summed E-state index contributed by atoms with van der Waals surface area (Å²) in [6, 6.07) is 13.0. The van der Waals surface area contributed by atoms with Crippen molar-refractivity contribution >= 4 is 0 Å². The molecule has 0 aliphatic heterocycles. The van der Waals surface area contributed by atoms with E-state index in [9.17, 15) is 9.65 Å². The Hall–Kier alpha value is -2.34. The molecular formula is C20H22FNO. The van der Waals surface area contributed by atoms with Gasteiger partial charge in [-0.15, -0.1) is 0 Å². The number of aryl methyl sites for hydroxylation is 3. The molecular weight excluding hydrogens is 289 g/mol. The van der Waals surface area contributed by atoms with Gasteiger partial charge in [0.05, 0.1) is 18.6 Å². The highest BCUT2D eigenvalue weighted by Crippen LogP contribution is 2.28. The van der Waals surface area contributed by atoms with Crippen LogP contribution in [0.3, 0.4) is 0 Å². The second-order valence-corrected chi connectivity index (χ2v) is 5.92. The molecule has 120 valence electrons. The van der Waals surface area contributed by atoms with Crippen molar-refractivity contribution in [1.29, 1.82) is 5.26 Å². The molecule has 2 rings (SSSR count). The van der Waals surface area contributed by atoms with Gasteiger partial charge in [0.1, 0.15) is 0 Å². The summed E-state index contributed by atoms with van der Waals surface area (Å²) < 4.78 is 18.9. The van der Waals surface area contributed by atoms with Crippen molar-refractivity contribution in [1.82, 2.24) is 0 Å². The number of halogens is 1. The van der Waals surface area contributed by atoms with E-state index in [0.29, 0.717) is 19.4 Å². The molecule has 1 unspecified atom stereocenters. The summed E-state index contributed by atoms with van der Waals surface area (Å²) in [5.74, 6) is -0.238. The minimum atomic E-state index is -0.352. The quantitative estimate of drug-likeness (QED) is 0.685. The van der Waals surface area contributed by atoms with Crippen LogP contribution in [0.15, 0.2) is 36.4 Å². The van der Waals surface area contributed by atoms with Gasteiger partial charge < -0.3 is 4.74 Å². The third kappa shape index (κ3) is 4.32. The first-order valence-corrected chi connectivity index (χ1v) is 7.87. The summed E-state index contributed by atoms with van der Waals surface area (Å²) in [7, 11) is 0. The van der Waals surface area contributed by atoms with E-state index in [4.69, 9.17) is 4.74 Å². The van der Waals surface area contributed by atoms with Crippen LogP contribution in [0.5, 0.6) is 5.75 Å². The van der Waals surface area contributed by atoms with E-state index >= 15 is 0 Å². The minimum absolute atomic E-state index is 0.153.